The molecule has 1 saturated heterocycles. The van der Waals surface area contributed by atoms with Crippen LogP contribution in [0.5, 0.6) is 0 Å². The van der Waals surface area contributed by atoms with Gasteiger partial charge in [0.25, 0.3) is 0 Å². The van der Waals surface area contributed by atoms with Crippen LogP contribution < -0.4 is 5.69 Å². The predicted molar refractivity (Wildman–Crippen MR) is 107 cm³/mol. The van der Waals surface area contributed by atoms with Gasteiger partial charge in [-0.15, -0.1) is 5.10 Å². The number of likely N-dealkylation sites (tertiary alicyclic amines) is 1. The van der Waals surface area contributed by atoms with Gasteiger partial charge in [-0.2, -0.15) is 0 Å². The molecule has 1 aliphatic carbocycles. The number of hydrogen-bond donors (Lipinski definition) is 0. The zero-order valence-electron chi connectivity index (χ0n) is 16.4. The van der Waals surface area contributed by atoms with Crippen LogP contribution in [0.15, 0.2) is 29.1 Å². The number of benzene rings is 1. The van der Waals surface area contributed by atoms with Crippen LogP contribution in [0.25, 0.3) is 16.8 Å². The van der Waals surface area contributed by atoms with Gasteiger partial charge in [-0.3, -0.25) is 4.79 Å². The number of hydrogen-bond acceptors (Lipinski definition) is 3. The molecular formula is C21H27N5O2. The molecule has 3 aromatic rings. The molecular weight excluding hydrogens is 354 g/mol. The Morgan fingerprint density at radius 2 is 1.86 bits per heavy atom. The van der Waals surface area contributed by atoms with Crippen LogP contribution in [0.1, 0.15) is 45.4 Å². The molecule has 0 bridgehead atoms. The van der Waals surface area contributed by atoms with E-state index >= 15 is 0 Å². The summed E-state index contributed by atoms with van der Waals surface area (Å²) in [6.07, 6.45) is 7.11. The van der Waals surface area contributed by atoms with E-state index in [1.165, 1.54) is 30.4 Å². The number of carbonyl (C=O) groups is 1. The zero-order valence-corrected chi connectivity index (χ0v) is 16.4. The highest BCUT2D eigenvalue weighted by Crippen LogP contribution is 2.35. The molecule has 2 aromatic heterocycles. The molecule has 28 heavy (non-hydrogen) atoms. The van der Waals surface area contributed by atoms with Crippen molar-refractivity contribution < 1.29 is 4.79 Å². The summed E-state index contributed by atoms with van der Waals surface area (Å²) in [7, 11) is 0. The van der Waals surface area contributed by atoms with Crippen LogP contribution in [0.3, 0.4) is 0 Å². The molecule has 2 atom stereocenters. The number of imidazole rings is 1. The molecule has 0 N–H and O–H groups in total. The molecule has 3 heterocycles. The standard InChI is InChI=1S/C21H27N5O2/c1-2-23-17-11-5-6-12-18(17)26-20(23)22-25(21(26)28)14-19(27)24-13-7-9-15-8-3-4-10-16(15)24/h5-6,11-12,15-16H,2-4,7-10,13-14H2,1H3/t15-,16+/m0/s1. The maximum atomic E-state index is 13.1. The van der Waals surface area contributed by atoms with E-state index in [2.05, 4.69) is 5.10 Å². The maximum absolute atomic E-state index is 13.1. The minimum atomic E-state index is -0.232. The first kappa shape index (κ1) is 17.5. The molecule has 0 unspecified atom stereocenters. The Hall–Kier alpha value is -2.57. The van der Waals surface area contributed by atoms with Gasteiger partial charge in [0.2, 0.25) is 11.7 Å². The zero-order chi connectivity index (χ0) is 19.3. The lowest BCUT2D eigenvalue weighted by molar-refractivity contribution is -0.138. The van der Waals surface area contributed by atoms with Gasteiger partial charge in [-0.05, 0) is 50.7 Å². The summed E-state index contributed by atoms with van der Waals surface area (Å²) < 4.78 is 5.00. The Bertz CT molecular complexity index is 1090. The van der Waals surface area contributed by atoms with Crippen molar-refractivity contribution in [1.82, 2.24) is 23.6 Å². The van der Waals surface area contributed by atoms with Gasteiger partial charge in [0.1, 0.15) is 6.54 Å². The Morgan fingerprint density at radius 3 is 2.68 bits per heavy atom. The van der Waals surface area contributed by atoms with E-state index in [4.69, 9.17) is 0 Å². The molecule has 1 amide bonds. The molecule has 1 aliphatic heterocycles. The minimum Gasteiger partial charge on any atom is -0.338 e. The second-order valence-electron chi connectivity index (χ2n) is 8.15. The smallest absolute Gasteiger partial charge is 0.338 e. The van der Waals surface area contributed by atoms with Crippen molar-refractivity contribution >= 4 is 22.7 Å². The highest BCUT2D eigenvalue weighted by Gasteiger charge is 2.36. The number of amides is 1. The first-order valence-corrected chi connectivity index (χ1v) is 10.6. The Morgan fingerprint density at radius 1 is 1.11 bits per heavy atom. The summed E-state index contributed by atoms with van der Waals surface area (Å²) in [6.45, 7) is 3.60. The minimum absolute atomic E-state index is 0.0295. The molecule has 7 heteroatoms. The van der Waals surface area contributed by atoms with Gasteiger partial charge in [0.05, 0.1) is 11.0 Å². The normalized spacial score (nSPS) is 22.7. The molecule has 2 aliphatic rings. The van der Waals surface area contributed by atoms with Gasteiger partial charge in [0.15, 0.2) is 0 Å². The third-order valence-electron chi connectivity index (χ3n) is 6.64. The largest absolute Gasteiger partial charge is 0.352 e. The van der Waals surface area contributed by atoms with Gasteiger partial charge in [-0.1, -0.05) is 25.0 Å². The number of fused-ring (bicyclic) bond motifs is 4. The van der Waals surface area contributed by atoms with E-state index in [1.54, 1.807) is 4.40 Å². The highest BCUT2D eigenvalue weighted by molar-refractivity contribution is 5.81. The number of aryl methyl sites for hydroxylation is 1. The Kier molecular flexibility index (Phi) is 4.25. The number of aromatic nitrogens is 4. The van der Waals surface area contributed by atoms with Gasteiger partial charge in [-0.25, -0.2) is 13.9 Å². The molecule has 148 valence electrons. The van der Waals surface area contributed by atoms with Crippen molar-refractivity contribution in [3.8, 4) is 0 Å². The van der Waals surface area contributed by atoms with Crippen LogP contribution in [-0.2, 0) is 17.9 Å². The average molecular weight is 381 g/mol. The number of carbonyl (C=O) groups excluding carboxylic acids is 1. The van der Waals surface area contributed by atoms with Crippen LogP contribution in [-0.4, -0.2) is 42.1 Å². The van der Waals surface area contributed by atoms with E-state index in [-0.39, 0.29) is 18.1 Å². The third-order valence-corrected chi connectivity index (χ3v) is 6.64. The van der Waals surface area contributed by atoms with E-state index in [0.29, 0.717) is 17.7 Å². The topological polar surface area (TPSA) is 64.5 Å². The number of para-hydroxylation sites is 2. The molecule has 1 aromatic carbocycles. The highest BCUT2D eigenvalue weighted by atomic mass is 16.2. The van der Waals surface area contributed by atoms with Crippen molar-refractivity contribution in [2.75, 3.05) is 6.54 Å². The Labute approximate surface area is 163 Å². The number of nitrogens with zero attached hydrogens (tertiary/aromatic N) is 5. The van der Waals surface area contributed by atoms with Gasteiger partial charge in [0, 0.05) is 19.1 Å². The summed E-state index contributed by atoms with van der Waals surface area (Å²) in [4.78, 5) is 28.2. The second kappa shape index (κ2) is 6.79. The fraction of sp³-hybridized carbons (Fsp3) is 0.571. The summed E-state index contributed by atoms with van der Waals surface area (Å²) >= 11 is 0. The Balaban J connectivity index is 1.49. The third kappa shape index (κ3) is 2.59. The van der Waals surface area contributed by atoms with Gasteiger partial charge < -0.3 is 9.47 Å². The fourth-order valence-electron chi connectivity index (χ4n) is 5.34. The summed E-state index contributed by atoms with van der Waals surface area (Å²) in [5, 5.41) is 4.54. The fourth-order valence-corrected chi connectivity index (χ4v) is 5.34. The van der Waals surface area contributed by atoms with Crippen molar-refractivity contribution in [2.24, 2.45) is 5.92 Å². The summed E-state index contributed by atoms with van der Waals surface area (Å²) in [5.74, 6) is 1.28. The summed E-state index contributed by atoms with van der Waals surface area (Å²) in [5.41, 5.74) is 1.60. The first-order valence-electron chi connectivity index (χ1n) is 10.6. The van der Waals surface area contributed by atoms with Gasteiger partial charge >= 0.3 is 5.69 Å². The lowest BCUT2D eigenvalue weighted by Crippen LogP contribution is -2.51. The number of piperidine rings is 1. The molecule has 2 fully saturated rings. The van der Waals surface area contributed by atoms with Crippen molar-refractivity contribution in [1.29, 1.82) is 0 Å². The first-order chi connectivity index (χ1) is 13.7. The van der Waals surface area contributed by atoms with E-state index in [0.717, 1.165) is 37.0 Å². The lowest BCUT2D eigenvalue weighted by Gasteiger charge is -2.44. The monoisotopic (exact) mass is 381 g/mol. The van der Waals surface area contributed by atoms with E-state index in [9.17, 15) is 9.59 Å². The van der Waals surface area contributed by atoms with E-state index < -0.39 is 0 Å². The van der Waals surface area contributed by atoms with Crippen molar-refractivity contribution in [3.63, 3.8) is 0 Å². The predicted octanol–water partition coefficient (Wildman–Crippen LogP) is 2.65. The SMILES string of the molecule is CCn1c2ccccc2n2c(=O)n(CC(=O)N3CCC[C@@H]4CCCC[C@H]43)nc12. The lowest BCUT2D eigenvalue weighted by atomic mass is 9.78. The molecule has 0 spiro atoms. The molecule has 0 radical (unpaired) electrons. The van der Waals surface area contributed by atoms with Crippen LogP contribution in [0.4, 0.5) is 0 Å². The van der Waals surface area contributed by atoms with Crippen molar-refractivity contribution in [3.05, 3.63) is 34.7 Å². The van der Waals surface area contributed by atoms with Crippen LogP contribution in [0.2, 0.25) is 0 Å². The molecule has 1 saturated carbocycles. The quantitative estimate of drug-likeness (QED) is 0.701. The molecule has 7 nitrogen and oxygen atoms in total. The summed E-state index contributed by atoms with van der Waals surface area (Å²) in [6, 6.07) is 8.18. The second-order valence-corrected chi connectivity index (χ2v) is 8.15. The van der Waals surface area contributed by atoms with E-state index in [1.807, 2.05) is 40.7 Å². The van der Waals surface area contributed by atoms with Crippen LogP contribution in [0, 0.1) is 5.92 Å². The van der Waals surface area contributed by atoms with Crippen LogP contribution >= 0.6 is 0 Å². The molecule has 5 rings (SSSR count). The average Bonchev–Trinajstić information content (AvgIpc) is 3.21. The van der Waals surface area contributed by atoms with Crippen molar-refractivity contribution in [2.45, 2.75) is 64.6 Å². The number of rotatable bonds is 3. The maximum Gasteiger partial charge on any atom is 0.352 e.